The van der Waals surface area contributed by atoms with E-state index in [0.717, 1.165) is 12.8 Å². The lowest BCUT2D eigenvalue weighted by atomic mass is 10.2. The lowest BCUT2D eigenvalue weighted by Gasteiger charge is -2.12. The second kappa shape index (κ2) is 5.02. The predicted molar refractivity (Wildman–Crippen MR) is 52.0 cm³/mol. The zero-order valence-electron chi connectivity index (χ0n) is 7.83. The van der Waals surface area contributed by atoms with Gasteiger partial charge in [-0.1, -0.05) is 24.9 Å². The quantitative estimate of drug-likeness (QED) is 0.750. The van der Waals surface area contributed by atoms with E-state index >= 15 is 0 Å². The van der Waals surface area contributed by atoms with Crippen LogP contribution in [0.15, 0.2) is 12.3 Å². The third-order valence-corrected chi connectivity index (χ3v) is 1.82. The second-order valence-electron chi connectivity index (χ2n) is 2.93. The molecule has 0 fully saturated rings. The smallest absolute Gasteiger partial charge is 0.155 e. The summed E-state index contributed by atoms with van der Waals surface area (Å²) in [6.07, 6.45) is 3.90. The first-order valence-corrected chi connectivity index (χ1v) is 4.75. The fourth-order valence-electron chi connectivity index (χ4n) is 1.09. The van der Waals surface area contributed by atoms with Gasteiger partial charge in [-0.15, -0.1) is 5.10 Å². The minimum Gasteiger partial charge on any atom is -0.489 e. The van der Waals surface area contributed by atoms with Crippen LogP contribution in [0, 0.1) is 0 Å². The van der Waals surface area contributed by atoms with Gasteiger partial charge in [0.05, 0.1) is 12.3 Å². The van der Waals surface area contributed by atoms with Crippen LogP contribution in [-0.4, -0.2) is 16.3 Å². The average molecular weight is 201 g/mol. The highest BCUT2D eigenvalue weighted by Crippen LogP contribution is 2.15. The number of nitrogens with zero attached hydrogens (tertiary/aromatic N) is 2. The Morgan fingerprint density at radius 3 is 3.00 bits per heavy atom. The molecule has 1 rings (SSSR count). The Balaban J connectivity index is 2.53. The van der Waals surface area contributed by atoms with Crippen LogP contribution in [0.3, 0.4) is 0 Å². The largest absolute Gasteiger partial charge is 0.489 e. The highest BCUT2D eigenvalue weighted by molar-refractivity contribution is 6.29. The average Bonchev–Trinajstić information content (AvgIpc) is 2.04. The Labute approximate surface area is 83.1 Å². The molecule has 0 saturated carbocycles. The van der Waals surface area contributed by atoms with Crippen LogP contribution in [0.1, 0.15) is 26.7 Å². The van der Waals surface area contributed by atoms with Crippen molar-refractivity contribution in [3.8, 4) is 5.75 Å². The maximum Gasteiger partial charge on any atom is 0.155 e. The molecule has 1 aromatic rings. The molecule has 0 saturated heterocycles. The molecule has 1 heterocycles. The van der Waals surface area contributed by atoms with Crippen LogP contribution in [0.5, 0.6) is 5.75 Å². The van der Waals surface area contributed by atoms with E-state index in [1.54, 1.807) is 12.3 Å². The highest BCUT2D eigenvalue weighted by atomic mass is 35.5. The molecule has 0 spiro atoms. The summed E-state index contributed by atoms with van der Waals surface area (Å²) in [6, 6.07) is 1.67. The Bertz CT molecular complexity index is 268. The summed E-state index contributed by atoms with van der Waals surface area (Å²) in [5.74, 6) is 0.681. The van der Waals surface area contributed by atoms with Crippen molar-refractivity contribution in [3.05, 3.63) is 17.4 Å². The van der Waals surface area contributed by atoms with Gasteiger partial charge in [-0.25, -0.2) is 0 Å². The number of hydrogen-bond acceptors (Lipinski definition) is 3. The molecule has 13 heavy (non-hydrogen) atoms. The lowest BCUT2D eigenvalue weighted by Crippen LogP contribution is -2.11. The van der Waals surface area contributed by atoms with Gasteiger partial charge in [0.25, 0.3) is 0 Å². The molecular weight excluding hydrogens is 188 g/mol. The molecule has 0 N–H and O–H groups in total. The maximum atomic E-state index is 5.65. The molecule has 0 aliphatic carbocycles. The minimum absolute atomic E-state index is 0.199. The van der Waals surface area contributed by atoms with E-state index < -0.39 is 0 Å². The number of ether oxygens (including phenoxy) is 1. The number of hydrogen-bond donors (Lipinski definition) is 0. The molecule has 0 amide bonds. The summed E-state index contributed by atoms with van der Waals surface area (Å²) in [6.45, 7) is 4.15. The molecule has 0 aliphatic rings. The third-order valence-electron chi connectivity index (χ3n) is 1.63. The van der Waals surface area contributed by atoms with Crippen molar-refractivity contribution < 1.29 is 4.74 Å². The van der Waals surface area contributed by atoms with Crippen molar-refractivity contribution in [2.24, 2.45) is 0 Å². The molecule has 0 aromatic carbocycles. The Hall–Kier alpha value is -0.830. The minimum atomic E-state index is 0.199. The molecule has 0 aliphatic heterocycles. The lowest BCUT2D eigenvalue weighted by molar-refractivity contribution is 0.209. The van der Waals surface area contributed by atoms with E-state index in [9.17, 15) is 0 Å². The summed E-state index contributed by atoms with van der Waals surface area (Å²) in [4.78, 5) is 0. The van der Waals surface area contributed by atoms with Crippen molar-refractivity contribution >= 4 is 11.6 Å². The molecule has 1 aromatic heterocycles. The number of rotatable bonds is 4. The van der Waals surface area contributed by atoms with E-state index in [4.69, 9.17) is 16.3 Å². The van der Waals surface area contributed by atoms with Crippen molar-refractivity contribution in [1.29, 1.82) is 0 Å². The Morgan fingerprint density at radius 1 is 1.62 bits per heavy atom. The summed E-state index contributed by atoms with van der Waals surface area (Å²) in [5, 5.41) is 7.68. The molecule has 72 valence electrons. The van der Waals surface area contributed by atoms with Crippen LogP contribution in [0.4, 0.5) is 0 Å². The van der Waals surface area contributed by atoms with Crippen LogP contribution in [0.2, 0.25) is 5.15 Å². The van der Waals surface area contributed by atoms with E-state index in [0.29, 0.717) is 10.9 Å². The number of aromatic nitrogens is 2. The summed E-state index contributed by atoms with van der Waals surface area (Å²) >= 11 is 5.65. The third kappa shape index (κ3) is 3.59. The van der Waals surface area contributed by atoms with E-state index in [1.165, 1.54) is 0 Å². The Kier molecular flexibility index (Phi) is 3.96. The molecule has 3 nitrogen and oxygen atoms in total. The van der Waals surface area contributed by atoms with Gasteiger partial charge in [-0.05, 0) is 13.3 Å². The van der Waals surface area contributed by atoms with Crippen molar-refractivity contribution in [1.82, 2.24) is 10.2 Å². The van der Waals surface area contributed by atoms with Crippen molar-refractivity contribution in [2.45, 2.75) is 32.8 Å². The fraction of sp³-hybridized carbons (Fsp3) is 0.556. The molecule has 1 atom stereocenters. The first-order valence-electron chi connectivity index (χ1n) is 4.37. The van der Waals surface area contributed by atoms with Crippen molar-refractivity contribution in [3.63, 3.8) is 0 Å². The standard InChI is InChI=1S/C9H13ClN2O/c1-3-4-7(2)13-8-5-9(10)12-11-6-8/h5-7H,3-4H2,1-2H3. The van der Waals surface area contributed by atoms with Gasteiger partial charge in [0.15, 0.2) is 5.15 Å². The first kappa shape index (κ1) is 10.3. The molecule has 4 heteroatoms. The first-order chi connectivity index (χ1) is 6.22. The summed E-state index contributed by atoms with van der Waals surface area (Å²) in [7, 11) is 0. The zero-order chi connectivity index (χ0) is 9.68. The van der Waals surface area contributed by atoms with Gasteiger partial charge in [0.2, 0.25) is 0 Å². The van der Waals surface area contributed by atoms with E-state index in [1.807, 2.05) is 6.92 Å². The van der Waals surface area contributed by atoms with Gasteiger partial charge in [0, 0.05) is 6.07 Å². The SMILES string of the molecule is CCCC(C)Oc1cnnc(Cl)c1. The Morgan fingerprint density at radius 2 is 2.38 bits per heavy atom. The fourth-order valence-corrected chi connectivity index (χ4v) is 1.24. The molecule has 0 bridgehead atoms. The molecule has 1 unspecified atom stereocenters. The van der Waals surface area contributed by atoms with Crippen LogP contribution >= 0.6 is 11.6 Å². The van der Waals surface area contributed by atoms with E-state index in [2.05, 4.69) is 17.1 Å². The molecule has 0 radical (unpaired) electrons. The summed E-state index contributed by atoms with van der Waals surface area (Å²) < 4.78 is 5.55. The normalized spacial score (nSPS) is 12.5. The predicted octanol–water partition coefficient (Wildman–Crippen LogP) is 2.70. The van der Waals surface area contributed by atoms with Gasteiger partial charge >= 0.3 is 0 Å². The summed E-state index contributed by atoms with van der Waals surface area (Å²) in [5.41, 5.74) is 0. The number of halogens is 1. The second-order valence-corrected chi connectivity index (χ2v) is 3.32. The van der Waals surface area contributed by atoms with Gasteiger partial charge in [-0.3, -0.25) is 0 Å². The van der Waals surface area contributed by atoms with Crippen LogP contribution in [-0.2, 0) is 0 Å². The van der Waals surface area contributed by atoms with Crippen LogP contribution in [0.25, 0.3) is 0 Å². The van der Waals surface area contributed by atoms with Crippen molar-refractivity contribution in [2.75, 3.05) is 0 Å². The van der Waals surface area contributed by atoms with Gasteiger partial charge in [-0.2, -0.15) is 5.10 Å². The monoisotopic (exact) mass is 200 g/mol. The highest BCUT2D eigenvalue weighted by Gasteiger charge is 2.03. The van der Waals surface area contributed by atoms with Gasteiger partial charge in [0.1, 0.15) is 5.75 Å². The van der Waals surface area contributed by atoms with Crippen LogP contribution < -0.4 is 4.74 Å². The maximum absolute atomic E-state index is 5.65. The van der Waals surface area contributed by atoms with Gasteiger partial charge < -0.3 is 4.74 Å². The molecular formula is C9H13ClN2O. The van der Waals surface area contributed by atoms with E-state index in [-0.39, 0.29) is 6.10 Å². The topological polar surface area (TPSA) is 35.0 Å². The zero-order valence-corrected chi connectivity index (χ0v) is 8.58.